The molecule has 2 rings (SSSR count). The van der Waals surface area contributed by atoms with E-state index in [0.717, 1.165) is 19.3 Å². The van der Waals surface area contributed by atoms with E-state index < -0.39 is 4.92 Å². The molecular weight excluding hydrogens is 324 g/mol. The number of nitro benzene ring substituents is 1. The van der Waals surface area contributed by atoms with E-state index >= 15 is 0 Å². The highest BCUT2D eigenvalue weighted by molar-refractivity contribution is 9.09. The molecule has 1 aliphatic carbocycles. The third kappa shape index (κ3) is 3.56. The van der Waals surface area contributed by atoms with E-state index in [1.54, 1.807) is 19.1 Å². The van der Waals surface area contributed by atoms with Gasteiger partial charge >= 0.3 is 0 Å². The minimum absolute atomic E-state index is 0.0148. The second kappa shape index (κ2) is 6.35. The number of amides is 1. The molecule has 1 fully saturated rings. The average molecular weight is 341 g/mol. The number of alkyl halides is 1. The molecule has 6 heteroatoms. The van der Waals surface area contributed by atoms with Gasteiger partial charge in [-0.15, -0.1) is 0 Å². The molecule has 108 valence electrons. The van der Waals surface area contributed by atoms with E-state index in [1.807, 2.05) is 0 Å². The number of rotatable bonds is 4. The van der Waals surface area contributed by atoms with Crippen molar-refractivity contribution in [2.75, 3.05) is 6.54 Å². The second-order valence-corrected chi connectivity index (χ2v) is 6.54. The molecule has 0 aliphatic heterocycles. The first kappa shape index (κ1) is 15.0. The van der Waals surface area contributed by atoms with Crippen LogP contribution in [-0.4, -0.2) is 22.2 Å². The van der Waals surface area contributed by atoms with Crippen molar-refractivity contribution in [3.05, 3.63) is 39.4 Å². The van der Waals surface area contributed by atoms with E-state index in [0.29, 0.717) is 28.4 Å². The number of hydrogen-bond donors (Lipinski definition) is 1. The first-order chi connectivity index (χ1) is 9.47. The number of nitrogens with zero attached hydrogens (tertiary/aromatic N) is 1. The van der Waals surface area contributed by atoms with Gasteiger partial charge in [0.2, 0.25) is 0 Å². The lowest BCUT2D eigenvalue weighted by atomic mass is 10.1. The fourth-order valence-electron chi connectivity index (χ4n) is 2.49. The van der Waals surface area contributed by atoms with E-state index in [4.69, 9.17) is 0 Å². The van der Waals surface area contributed by atoms with E-state index in [2.05, 4.69) is 21.2 Å². The maximum Gasteiger partial charge on any atom is 0.273 e. The maximum absolute atomic E-state index is 12.0. The van der Waals surface area contributed by atoms with Crippen molar-refractivity contribution in [1.29, 1.82) is 0 Å². The third-order valence-corrected chi connectivity index (χ3v) is 4.53. The predicted molar refractivity (Wildman–Crippen MR) is 80.2 cm³/mol. The molecule has 1 N–H and O–H groups in total. The van der Waals surface area contributed by atoms with Gasteiger partial charge in [-0.05, 0) is 38.2 Å². The van der Waals surface area contributed by atoms with Crippen molar-refractivity contribution < 1.29 is 9.72 Å². The smallest absolute Gasteiger partial charge is 0.273 e. The summed E-state index contributed by atoms with van der Waals surface area (Å²) in [5, 5.41) is 13.7. The highest BCUT2D eigenvalue weighted by atomic mass is 79.9. The zero-order valence-electron chi connectivity index (χ0n) is 11.3. The Hall–Kier alpha value is -1.43. The average Bonchev–Trinajstić information content (AvgIpc) is 2.82. The molecule has 1 saturated carbocycles. The predicted octanol–water partition coefficient (Wildman–Crippen LogP) is 3.20. The third-order valence-electron chi connectivity index (χ3n) is 3.70. The molecule has 0 aromatic heterocycles. The quantitative estimate of drug-likeness (QED) is 0.519. The molecule has 0 radical (unpaired) electrons. The normalized spacial score (nSPS) is 21.7. The van der Waals surface area contributed by atoms with E-state index in [9.17, 15) is 14.9 Å². The van der Waals surface area contributed by atoms with Crippen LogP contribution in [-0.2, 0) is 0 Å². The van der Waals surface area contributed by atoms with Crippen LogP contribution >= 0.6 is 15.9 Å². The van der Waals surface area contributed by atoms with Crippen LogP contribution in [0.5, 0.6) is 0 Å². The number of halogens is 1. The minimum atomic E-state index is -0.460. The zero-order valence-corrected chi connectivity index (χ0v) is 12.9. The standard InChI is InChI=1S/C14H17BrN2O3/c1-9-2-4-11(7-13(9)17(19)20)14(18)16-8-10-3-5-12(15)6-10/h2,4,7,10,12H,3,5-6,8H2,1H3,(H,16,18). The van der Waals surface area contributed by atoms with E-state index in [1.165, 1.54) is 6.07 Å². The summed E-state index contributed by atoms with van der Waals surface area (Å²) < 4.78 is 0. The summed E-state index contributed by atoms with van der Waals surface area (Å²) >= 11 is 3.58. The minimum Gasteiger partial charge on any atom is -0.352 e. The lowest BCUT2D eigenvalue weighted by Gasteiger charge is -2.11. The van der Waals surface area contributed by atoms with Crippen molar-refractivity contribution in [2.24, 2.45) is 5.92 Å². The Morgan fingerprint density at radius 2 is 2.25 bits per heavy atom. The van der Waals surface area contributed by atoms with Crippen LogP contribution in [0.1, 0.15) is 35.2 Å². The molecule has 0 spiro atoms. The van der Waals surface area contributed by atoms with Gasteiger partial charge in [-0.2, -0.15) is 0 Å². The summed E-state index contributed by atoms with van der Waals surface area (Å²) in [6.07, 6.45) is 3.30. The van der Waals surface area contributed by atoms with Crippen LogP contribution in [0.2, 0.25) is 0 Å². The molecule has 0 bridgehead atoms. The van der Waals surface area contributed by atoms with Crippen LogP contribution in [0.4, 0.5) is 5.69 Å². The summed E-state index contributed by atoms with van der Waals surface area (Å²) in [5.41, 5.74) is 0.888. The second-order valence-electron chi connectivity index (χ2n) is 5.24. The van der Waals surface area contributed by atoms with Gasteiger partial charge < -0.3 is 5.32 Å². The van der Waals surface area contributed by atoms with Gasteiger partial charge in [0, 0.05) is 28.6 Å². The molecule has 2 atom stereocenters. The fourth-order valence-corrected chi connectivity index (χ4v) is 3.28. The Bertz CT molecular complexity index is 533. The maximum atomic E-state index is 12.0. The van der Waals surface area contributed by atoms with Crippen molar-refractivity contribution in [1.82, 2.24) is 5.32 Å². The van der Waals surface area contributed by atoms with Crippen molar-refractivity contribution >= 4 is 27.5 Å². The van der Waals surface area contributed by atoms with Gasteiger partial charge in [-0.1, -0.05) is 22.0 Å². The molecule has 1 amide bonds. The van der Waals surface area contributed by atoms with E-state index in [-0.39, 0.29) is 11.6 Å². The van der Waals surface area contributed by atoms with Crippen molar-refractivity contribution in [3.63, 3.8) is 0 Å². The molecule has 1 aliphatic rings. The van der Waals surface area contributed by atoms with Crippen LogP contribution in [0.3, 0.4) is 0 Å². The van der Waals surface area contributed by atoms with Crippen LogP contribution in [0, 0.1) is 23.0 Å². The summed E-state index contributed by atoms with van der Waals surface area (Å²) in [6, 6.07) is 4.57. The topological polar surface area (TPSA) is 72.2 Å². The van der Waals surface area contributed by atoms with Crippen molar-refractivity contribution in [3.8, 4) is 0 Å². The number of benzene rings is 1. The van der Waals surface area contributed by atoms with Gasteiger partial charge in [0.15, 0.2) is 0 Å². The lowest BCUT2D eigenvalue weighted by molar-refractivity contribution is -0.385. The molecule has 0 saturated heterocycles. The SMILES string of the molecule is Cc1ccc(C(=O)NCC2CCC(Br)C2)cc1[N+](=O)[O-]. The first-order valence-corrected chi connectivity index (χ1v) is 7.56. The van der Waals surface area contributed by atoms with Crippen LogP contribution in [0.15, 0.2) is 18.2 Å². The molecule has 1 aromatic rings. The number of aryl methyl sites for hydroxylation is 1. The van der Waals surface area contributed by atoms with Gasteiger partial charge in [0.1, 0.15) is 0 Å². The lowest BCUT2D eigenvalue weighted by Crippen LogP contribution is -2.28. The Morgan fingerprint density at radius 1 is 1.50 bits per heavy atom. The largest absolute Gasteiger partial charge is 0.352 e. The van der Waals surface area contributed by atoms with Gasteiger partial charge in [0.25, 0.3) is 11.6 Å². The Morgan fingerprint density at radius 3 is 2.85 bits per heavy atom. The number of nitrogens with one attached hydrogen (secondary N) is 1. The zero-order chi connectivity index (χ0) is 14.7. The molecule has 0 heterocycles. The number of carbonyl (C=O) groups is 1. The van der Waals surface area contributed by atoms with Gasteiger partial charge in [-0.3, -0.25) is 14.9 Å². The van der Waals surface area contributed by atoms with Gasteiger partial charge in [0.05, 0.1) is 4.92 Å². The fraction of sp³-hybridized carbons (Fsp3) is 0.500. The number of carbonyl (C=O) groups excluding carboxylic acids is 1. The summed E-state index contributed by atoms with van der Waals surface area (Å²) in [6.45, 7) is 2.29. The van der Waals surface area contributed by atoms with Crippen LogP contribution in [0.25, 0.3) is 0 Å². The Labute approximate surface area is 126 Å². The highest BCUT2D eigenvalue weighted by Gasteiger charge is 2.23. The molecule has 1 aromatic carbocycles. The first-order valence-electron chi connectivity index (χ1n) is 6.64. The molecular formula is C14H17BrN2O3. The molecule has 5 nitrogen and oxygen atoms in total. The van der Waals surface area contributed by atoms with Crippen LogP contribution < -0.4 is 5.32 Å². The number of nitro groups is 1. The molecule has 20 heavy (non-hydrogen) atoms. The Balaban J connectivity index is 1.99. The summed E-state index contributed by atoms with van der Waals surface area (Å²) in [4.78, 5) is 23.0. The monoisotopic (exact) mass is 340 g/mol. The summed E-state index contributed by atoms with van der Waals surface area (Å²) in [7, 11) is 0. The molecule has 2 unspecified atom stereocenters. The van der Waals surface area contributed by atoms with Crippen molar-refractivity contribution in [2.45, 2.75) is 31.0 Å². The number of hydrogen-bond acceptors (Lipinski definition) is 3. The Kier molecular flexibility index (Phi) is 4.75. The highest BCUT2D eigenvalue weighted by Crippen LogP contribution is 2.30. The summed E-state index contributed by atoms with van der Waals surface area (Å²) in [5.74, 6) is 0.245. The van der Waals surface area contributed by atoms with Gasteiger partial charge in [-0.25, -0.2) is 0 Å².